The van der Waals surface area contributed by atoms with E-state index in [2.05, 4.69) is 22.3 Å². The Balaban J connectivity index is 2.78. The van der Waals surface area contributed by atoms with Crippen molar-refractivity contribution in [3.8, 4) is 0 Å². The Morgan fingerprint density at radius 2 is 2.23 bits per heavy atom. The van der Waals surface area contributed by atoms with Gasteiger partial charge in [-0.3, -0.25) is 9.98 Å². The number of pyridine rings is 1. The van der Waals surface area contributed by atoms with Gasteiger partial charge in [-0.1, -0.05) is 6.92 Å². The first-order valence-corrected chi connectivity index (χ1v) is 4.30. The van der Waals surface area contributed by atoms with Gasteiger partial charge in [0.15, 0.2) is 0 Å². The molecule has 0 saturated carbocycles. The van der Waals surface area contributed by atoms with Crippen LogP contribution < -0.4 is 11.3 Å². The van der Waals surface area contributed by atoms with Crippen LogP contribution in [-0.4, -0.2) is 17.4 Å². The highest BCUT2D eigenvalue weighted by molar-refractivity contribution is 5.98. The first-order valence-electron chi connectivity index (χ1n) is 4.30. The van der Waals surface area contributed by atoms with Gasteiger partial charge in [-0.05, 0) is 18.6 Å². The van der Waals surface area contributed by atoms with E-state index in [-0.39, 0.29) is 0 Å². The summed E-state index contributed by atoms with van der Waals surface area (Å²) in [6.45, 7) is 2.85. The molecule has 0 saturated heterocycles. The quantitative estimate of drug-likeness (QED) is 0.310. The molecule has 4 heteroatoms. The van der Waals surface area contributed by atoms with Crippen molar-refractivity contribution in [2.45, 2.75) is 13.3 Å². The van der Waals surface area contributed by atoms with Crippen molar-refractivity contribution in [2.24, 2.45) is 10.8 Å². The molecular formula is C9H14N4. The van der Waals surface area contributed by atoms with E-state index in [4.69, 9.17) is 5.84 Å². The van der Waals surface area contributed by atoms with Crippen LogP contribution in [0.1, 0.15) is 18.9 Å². The summed E-state index contributed by atoms with van der Waals surface area (Å²) < 4.78 is 0. The number of nitrogens with one attached hydrogen (secondary N) is 1. The van der Waals surface area contributed by atoms with Gasteiger partial charge >= 0.3 is 0 Å². The lowest BCUT2D eigenvalue weighted by atomic mass is 10.2. The summed E-state index contributed by atoms with van der Waals surface area (Å²) in [5.41, 5.74) is 3.54. The van der Waals surface area contributed by atoms with Gasteiger partial charge in [0.25, 0.3) is 0 Å². The number of hydrogen-bond acceptors (Lipinski definition) is 3. The molecule has 0 aromatic carbocycles. The van der Waals surface area contributed by atoms with Gasteiger partial charge in [-0.2, -0.15) is 0 Å². The fourth-order valence-electron chi connectivity index (χ4n) is 0.954. The van der Waals surface area contributed by atoms with Crippen LogP contribution in [0.15, 0.2) is 29.5 Å². The van der Waals surface area contributed by atoms with Crippen molar-refractivity contribution in [3.63, 3.8) is 0 Å². The second kappa shape index (κ2) is 5.27. The third-order valence-electron chi connectivity index (χ3n) is 1.58. The van der Waals surface area contributed by atoms with E-state index < -0.39 is 0 Å². The highest BCUT2D eigenvalue weighted by atomic mass is 15.2. The molecule has 0 amide bonds. The largest absolute Gasteiger partial charge is 0.308 e. The molecule has 0 fully saturated rings. The molecule has 0 unspecified atom stereocenters. The first-order chi connectivity index (χ1) is 6.38. The van der Waals surface area contributed by atoms with Crippen molar-refractivity contribution in [2.75, 3.05) is 6.54 Å². The normalized spacial score (nSPS) is 11.4. The molecule has 0 spiro atoms. The maximum Gasteiger partial charge on any atom is 0.142 e. The fourth-order valence-corrected chi connectivity index (χ4v) is 0.954. The van der Waals surface area contributed by atoms with Crippen LogP contribution in [0, 0.1) is 0 Å². The van der Waals surface area contributed by atoms with Crippen molar-refractivity contribution < 1.29 is 0 Å². The highest BCUT2D eigenvalue weighted by Gasteiger charge is 1.98. The summed E-state index contributed by atoms with van der Waals surface area (Å²) in [7, 11) is 0. The fraction of sp³-hybridized carbons (Fsp3) is 0.333. The number of hydrazine groups is 1. The van der Waals surface area contributed by atoms with Gasteiger partial charge in [0, 0.05) is 24.5 Å². The third-order valence-corrected chi connectivity index (χ3v) is 1.58. The lowest BCUT2D eigenvalue weighted by Crippen LogP contribution is -2.31. The third kappa shape index (κ3) is 2.83. The van der Waals surface area contributed by atoms with Gasteiger partial charge < -0.3 is 5.43 Å². The smallest absolute Gasteiger partial charge is 0.142 e. The Morgan fingerprint density at radius 3 is 2.77 bits per heavy atom. The molecule has 0 aliphatic heterocycles. The van der Waals surface area contributed by atoms with Crippen LogP contribution in [0.25, 0.3) is 0 Å². The zero-order valence-corrected chi connectivity index (χ0v) is 7.70. The Bertz CT molecular complexity index is 268. The zero-order valence-electron chi connectivity index (χ0n) is 7.70. The van der Waals surface area contributed by atoms with Gasteiger partial charge in [0.2, 0.25) is 0 Å². The summed E-state index contributed by atoms with van der Waals surface area (Å²) in [5, 5.41) is 0. The topological polar surface area (TPSA) is 63.3 Å². The van der Waals surface area contributed by atoms with Crippen LogP contribution in [-0.2, 0) is 0 Å². The molecule has 1 aromatic heterocycles. The lowest BCUT2D eigenvalue weighted by Gasteiger charge is -2.04. The van der Waals surface area contributed by atoms with E-state index in [1.807, 2.05) is 12.1 Å². The number of hydrogen-bond donors (Lipinski definition) is 2. The van der Waals surface area contributed by atoms with Crippen LogP contribution in [0.4, 0.5) is 0 Å². The molecule has 13 heavy (non-hydrogen) atoms. The standard InChI is InChI=1S/C9H14N4/c1-2-5-12-9(13-10)8-3-6-11-7-4-8/h3-4,6-7H,2,5,10H2,1H3,(H,12,13). The van der Waals surface area contributed by atoms with Crippen LogP contribution in [0.3, 0.4) is 0 Å². The summed E-state index contributed by atoms with van der Waals surface area (Å²) in [4.78, 5) is 8.20. The molecule has 0 aliphatic carbocycles. The summed E-state index contributed by atoms with van der Waals surface area (Å²) >= 11 is 0. The molecular weight excluding hydrogens is 164 g/mol. The predicted molar refractivity (Wildman–Crippen MR) is 53.3 cm³/mol. The van der Waals surface area contributed by atoms with Crippen LogP contribution in [0.2, 0.25) is 0 Å². The highest BCUT2D eigenvalue weighted by Crippen LogP contribution is 1.96. The number of aliphatic imine (C=N–C) groups is 1. The van der Waals surface area contributed by atoms with Crippen LogP contribution >= 0.6 is 0 Å². The summed E-state index contributed by atoms with van der Waals surface area (Å²) in [5.74, 6) is 6.06. The average molecular weight is 178 g/mol. The predicted octanol–water partition coefficient (Wildman–Crippen LogP) is 0.701. The van der Waals surface area contributed by atoms with Crippen LogP contribution in [0.5, 0.6) is 0 Å². The van der Waals surface area contributed by atoms with Crippen molar-refractivity contribution in [1.29, 1.82) is 0 Å². The minimum absolute atomic E-state index is 0.712. The van der Waals surface area contributed by atoms with Crippen molar-refractivity contribution >= 4 is 5.84 Å². The zero-order chi connectivity index (χ0) is 9.52. The van der Waals surface area contributed by atoms with Crippen molar-refractivity contribution in [1.82, 2.24) is 10.4 Å². The van der Waals surface area contributed by atoms with Crippen molar-refractivity contribution in [3.05, 3.63) is 30.1 Å². The second-order valence-corrected chi connectivity index (χ2v) is 2.61. The number of amidine groups is 1. The minimum Gasteiger partial charge on any atom is -0.308 e. The first kappa shape index (κ1) is 9.67. The molecule has 0 atom stereocenters. The summed E-state index contributed by atoms with van der Waals surface area (Å²) in [6, 6.07) is 3.74. The number of nitrogens with zero attached hydrogens (tertiary/aromatic N) is 2. The molecule has 4 nitrogen and oxygen atoms in total. The van der Waals surface area contributed by atoms with E-state index in [9.17, 15) is 0 Å². The van der Waals surface area contributed by atoms with Gasteiger partial charge in [0.1, 0.15) is 5.84 Å². The van der Waals surface area contributed by atoms with E-state index >= 15 is 0 Å². The molecule has 1 rings (SSSR count). The van der Waals surface area contributed by atoms with Gasteiger partial charge in [-0.25, -0.2) is 5.84 Å². The van der Waals surface area contributed by atoms with E-state index in [0.717, 1.165) is 18.5 Å². The minimum atomic E-state index is 0.712. The number of aromatic nitrogens is 1. The second-order valence-electron chi connectivity index (χ2n) is 2.61. The summed E-state index contributed by atoms with van der Waals surface area (Å²) in [6.07, 6.45) is 4.44. The number of nitrogens with two attached hydrogens (primary N) is 1. The molecule has 0 aliphatic rings. The molecule has 0 bridgehead atoms. The maximum atomic E-state index is 5.34. The molecule has 0 radical (unpaired) electrons. The van der Waals surface area contributed by atoms with E-state index in [1.165, 1.54) is 0 Å². The maximum absolute atomic E-state index is 5.34. The molecule has 1 aromatic rings. The average Bonchev–Trinajstić information content (AvgIpc) is 2.21. The Morgan fingerprint density at radius 1 is 1.54 bits per heavy atom. The Hall–Kier alpha value is -1.42. The molecule has 1 heterocycles. The van der Waals surface area contributed by atoms with Gasteiger partial charge in [0.05, 0.1) is 0 Å². The lowest BCUT2D eigenvalue weighted by molar-refractivity contribution is 0.907. The van der Waals surface area contributed by atoms with Gasteiger partial charge in [-0.15, -0.1) is 0 Å². The Labute approximate surface area is 77.9 Å². The SMILES string of the molecule is CCCN=C(NN)c1ccncc1. The molecule has 3 N–H and O–H groups in total. The van der Waals surface area contributed by atoms with E-state index in [0.29, 0.717) is 5.84 Å². The van der Waals surface area contributed by atoms with E-state index in [1.54, 1.807) is 12.4 Å². The number of rotatable bonds is 3. The monoisotopic (exact) mass is 178 g/mol. The Kier molecular flexibility index (Phi) is 3.92. The molecule has 70 valence electrons.